The molecule has 4 heteroatoms. The molecule has 0 saturated carbocycles. The molecule has 1 aromatic heterocycles. The number of aromatic nitrogens is 2. The Hall–Kier alpha value is -1.12. The van der Waals surface area contributed by atoms with E-state index < -0.39 is 0 Å². The first kappa shape index (κ1) is 10.4. The van der Waals surface area contributed by atoms with Crippen LogP contribution >= 0.6 is 23.2 Å². The minimum Gasteiger partial charge on any atom is -0.237 e. The molecule has 76 valence electrons. The van der Waals surface area contributed by atoms with E-state index in [4.69, 9.17) is 23.2 Å². The Kier molecular flexibility index (Phi) is 3.19. The van der Waals surface area contributed by atoms with Gasteiger partial charge in [0, 0.05) is 16.8 Å². The zero-order valence-electron chi connectivity index (χ0n) is 7.82. The molecule has 0 radical (unpaired) electrons. The van der Waals surface area contributed by atoms with Crippen LogP contribution in [0.1, 0.15) is 5.69 Å². The summed E-state index contributed by atoms with van der Waals surface area (Å²) in [6.07, 6.45) is 1.70. The lowest BCUT2D eigenvalue weighted by atomic mass is 10.2. The first-order valence-corrected chi connectivity index (χ1v) is 5.34. The fourth-order valence-electron chi connectivity index (χ4n) is 1.21. The second kappa shape index (κ2) is 4.60. The first-order valence-electron chi connectivity index (χ1n) is 4.43. The van der Waals surface area contributed by atoms with E-state index in [1.165, 1.54) is 0 Å². The SMILES string of the molecule is ClCc1ccnc(-c2ccc(Cl)cc2)n1. The maximum absolute atomic E-state index is 5.80. The Morgan fingerprint density at radius 3 is 2.47 bits per heavy atom. The van der Waals surface area contributed by atoms with Gasteiger partial charge in [-0.15, -0.1) is 11.6 Å². The Balaban J connectivity index is 2.40. The highest BCUT2D eigenvalue weighted by Gasteiger charge is 2.01. The van der Waals surface area contributed by atoms with Gasteiger partial charge in [0.25, 0.3) is 0 Å². The van der Waals surface area contributed by atoms with Gasteiger partial charge in [0.1, 0.15) is 0 Å². The second-order valence-corrected chi connectivity index (χ2v) is 3.72. The standard InChI is InChI=1S/C11H8Cl2N2/c12-7-10-5-6-14-11(15-10)8-1-3-9(13)4-2-8/h1-6H,7H2. The van der Waals surface area contributed by atoms with Gasteiger partial charge in [-0.05, 0) is 30.3 Å². The summed E-state index contributed by atoms with van der Waals surface area (Å²) < 4.78 is 0. The van der Waals surface area contributed by atoms with E-state index in [1.54, 1.807) is 12.3 Å². The normalized spacial score (nSPS) is 10.3. The summed E-state index contributed by atoms with van der Waals surface area (Å²) in [5.41, 5.74) is 1.75. The van der Waals surface area contributed by atoms with Crippen molar-refractivity contribution < 1.29 is 0 Å². The molecule has 1 aromatic carbocycles. The van der Waals surface area contributed by atoms with E-state index in [-0.39, 0.29) is 0 Å². The molecule has 0 bridgehead atoms. The van der Waals surface area contributed by atoms with Crippen LogP contribution in [-0.4, -0.2) is 9.97 Å². The lowest BCUT2D eigenvalue weighted by molar-refractivity contribution is 1.09. The summed E-state index contributed by atoms with van der Waals surface area (Å²) in [4.78, 5) is 8.48. The van der Waals surface area contributed by atoms with Crippen LogP contribution in [0.2, 0.25) is 5.02 Å². The molecule has 0 unspecified atom stereocenters. The summed E-state index contributed by atoms with van der Waals surface area (Å²) >= 11 is 11.5. The van der Waals surface area contributed by atoms with Crippen LogP contribution in [0.3, 0.4) is 0 Å². The highest BCUT2D eigenvalue weighted by atomic mass is 35.5. The van der Waals surface area contributed by atoms with Gasteiger partial charge in [-0.25, -0.2) is 9.97 Å². The van der Waals surface area contributed by atoms with Crippen molar-refractivity contribution in [2.45, 2.75) is 5.88 Å². The second-order valence-electron chi connectivity index (χ2n) is 3.01. The predicted octanol–water partition coefficient (Wildman–Crippen LogP) is 3.54. The molecule has 2 aromatic rings. The van der Waals surface area contributed by atoms with E-state index in [0.29, 0.717) is 16.7 Å². The van der Waals surface area contributed by atoms with Crippen molar-refractivity contribution in [3.63, 3.8) is 0 Å². The third-order valence-corrected chi connectivity index (χ3v) is 2.48. The summed E-state index contributed by atoms with van der Waals surface area (Å²) in [5, 5.41) is 0.701. The summed E-state index contributed by atoms with van der Waals surface area (Å²) in [7, 11) is 0. The number of nitrogens with zero attached hydrogens (tertiary/aromatic N) is 2. The minimum absolute atomic E-state index is 0.392. The van der Waals surface area contributed by atoms with Gasteiger partial charge < -0.3 is 0 Å². The Bertz CT molecular complexity index is 454. The fourth-order valence-corrected chi connectivity index (χ4v) is 1.48. The number of alkyl halides is 1. The summed E-state index contributed by atoms with van der Waals surface area (Å²) in [5.74, 6) is 1.06. The summed E-state index contributed by atoms with van der Waals surface area (Å²) in [6, 6.07) is 9.19. The van der Waals surface area contributed by atoms with E-state index in [9.17, 15) is 0 Å². The highest BCUT2D eigenvalue weighted by Crippen LogP contribution is 2.18. The largest absolute Gasteiger partial charge is 0.237 e. The molecule has 0 amide bonds. The molecule has 0 atom stereocenters. The highest BCUT2D eigenvalue weighted by molar-refractivity contribution is 6.30. The van der Waals surface area contributed by atoms with Crippen LogP contribution < -0.4 is 0 Å². The molecular weight excluding hydrogens is 231 g/mol. The molecule has 0 N–H and O–H groups in total. The molecule has 0 aliphatic rings. The maximum Gasteiger partial charge on any atom is 0.159 e. The molecule has 0 aliphatic heterocycles. The van der Waals surface area contributed by atoms with Crippen LogP contribution in [0, 0.1) is 0 Å². The first-order chi connectivity index (χ1) is 7.29. The average molecular weight is 239 g/mol. The van der Waals surface area contributed by atoms with Crippen molar-refractivity contribution in [2.75, 3.05) is 0 Å². The number of rotatable bonds is 2. The lowest BCUT2D eigenvalue weighted by Gasteiger charge is -2.01. The van der Waals surface area contributed by atoms with Crippen molar-refractivity contribution in [2.24, 2.45) is 0 Å². The van der Waals surface area contributed by atoms with E-state index in [2.05, 4.69) is 9.97 Å². The molecule has 15 heavy (non-hydrogen) atoms. The lowest BCUT2D eigenvalue weighted by Crippen LogP contribution is -1.92. The zero-order valence-corrected chi connectivity index (χ0v) is 9.33. The molecular formula is C11H8Cl2N2. The van der Waals surface area contributed by atoms with Crippen molar-refractivity contribution in [1.82, 2.24) is 9.97 Å². The van der Waals surface area contributed by atoms with Gasteiger partial charge >= 0.3 is 0 Å². The van der Waals surface area contributed by atoms with Crippen LogP contribution in [0.5, 0.6) is 0 Å². The third kappa shape index (κ3) is 2.46. The topological polar surface area (TPSA) is 25.8 Å². The Morgan fingerprint density at radius 2 is 1.80 bits per heavy atom. The fraction of sp³-hybridized carbons (Fsp3) is 0.0909. The van der Waals surface area contributed by atoms with Crippen molar-refractivity contribution in [3.8, 4) is 11.4 Å². The average Bonchev–Trinajstić information content (AvgIpc) is 2.30. The maximum atomic E-state index is 5.80. The number of hydrogen-bond acceptors (Lipinski definition) is 2. The summed E-state index contributed by atoms with van der Waals surface area (Å²) in [6.45, 7) is 0. The minimum atomic E-state index is 0.392. The van der Waals surface area contributed by atoms with Gasteiger partial charge in [0.2, 0.25) is 0 Å². The molecule has 0 aliphatic carbocycles. The van der Waals surface area contributed by atoms with Gasteiger partial charge in [-0.3, -0.25) is 0 Å². The van der Waals surface area contributed by atoms with Crippen molar-refractivity contribution >= 4 is 23.2 Å². The number of halogens is 2. The molecule has 2 rings (SSSR count). The van der Waals surface area contributed by atoms with Crippen molar-refractivity contribution in [1.29, 1.82) is 0 Å². The zero-order chi connectivity index (χ0) is 10.7. The van der Waals surface area contributed by atoms with E-state index in [0.717, 1.165) is 11.3 Å². The third-order valence-electron chi connectivity index (χ3n) is 1.95. The van der Waals surface area contributed by atoms with E-state index >= 15 is 0 Å². The van der Waals surface area contributed by atoms with Gasteiger partial charge in [0.05, 0.1) is 11.6 Å². The molecule has 2 nitrogen and oxygen atoms in total. The quantitative estimate of drug-likeness (QED) is 0.749. The Labute approximate surface area is 97.9 Å². The van der Waals surface area contributed by atoms with Crippen LogP contribution in [-0.2, 0) is 5.88 Å². The van der Waals surface area contributed by atoms with Crippen LogP contribution in [0.25, 0.3) is 11.4 Å². The van der Waals surface area contributed by atoms with Crippen LogP contribution in [0.4, 0.5) is 0 Å². The predicted molar refractivity (Wildman–Crippen MR) is 62.0 cm³/mol. The molecule has 0 saturated heterocycles. The molecule has 0 spiro atoms. The molecule has 1 heterocycles. The van der Waals surface area contributed by atoms with E-state index in [1.807, 2.05) is 24.3 Å². The van der Waals surface area contributed by atoms with Gasteiger partial charge in [-0.2, -0.15) is 0 Å². The number of hydrogen-bond donors (Lipinski definition) is 0. The van der Waals surface area contributed by atoms with Crippen LogP contribution in [0.15, 0.2) is 36.5 Å². The molecule has 0 fully saturated rings. The van der Waals surface area contributed by atoms with Crippen molar-refractivity contribution in [3.05, 3.63) is 47.2 Å². The van der Waals surface area contributed by atoms with Gasteiger partial charge in [0.15, 0.2) is 5.82 Å². The van der Waals surface area contributed by atoms with Gasteiger partial charge in [-0.1, -0.05) is 11.6 Å². The number of benzene rings is 1. The monoisotopic (exact) mass is 238 g/mol. The Morgan fingerprint density at radius 1 is 1.07 bits per heavy atom. The smallest absolute Gasteiger partial charge is 0.159 e.